The van der Waals surface area contributed by atoms with E-state index in [-0.39, 0.29) is 47.1 Å². The van der Waals surface area contributed by atoms with Crippen molar-refractivity contribution in [2.75, 3.05) is 14.2 Å². The Kier molecular flexibility index (Phi) is 4.08. The minimum atomic E-state index is -1.28. The molecular formula is C26H28O10. The Morgan fingerprint density at radius 3 is 1.33 bits per heavy atom. The second kappa shape index (κ2) is 6.55. The molecule has 0 saturated heterocycles. The van der Waals surface area contributed by atoms with Crippen molar-refractivity contribution in [3.8, 4) is 0 Å². The van der Waals surface area contributed by atoms with Crippen LogP contribution in [-0.4, -0.2) is 61.9 Å². The summed E-state index contributed by atoms with van der Waals surface area (Å²) in [5.74, 6) is -5.69. The monoisotopic (exact) mass is 500 g/mol. The van der Waals surface area contributed by atoms with Gasteiger partial charge in [0.1, 0.15) is 0 Å². The fourth-order valence-electron chi connectivity index (χ4n) is 11.8. The van der Waals surface area contributed by atoms with Gasteiger partial charge in [-0.15, -0.1) is 0 Å². The summed E-state index contributed by atoms with van der Waals surface area (Å²) < 4.78 is 21.5. The molecule has 10 nitrogen and oxygen atoms in total. The molecule has 8 aliphatic rings. The second-order valence-electron chi connectivity index (χ2n) is 11.8. The van der Waals surface area contributed by atoms with E-state index < -0.39 is 70.6 Å². The summed E-state index contributed by atoms with van der Waals surface area (Å²) in [6, 6.07) is 0. The molecule has 0 radical (unpaired) electrons. The molecule has 8 fully saturated rings. The number of ether oxygens (including phenoxy) is 4. The molecule has 0 aromatic rings. The first-order chi connectivity index (χ1) is 17.1. The van der Waals surface area contributed by atoms with Crippen LogP contribution in [0.4, 0.5) is 0 Å². The van der Waals surface area contributed by atoms with Crippen LogP contribution in [0.3, 0.4) is 0 Å². The van der Waals surface area contributed by atoms with Crippen LogP contribution in [0.25, 0.3) is 0 Å². The van der Waals surface area contributed by atoms with Crippen LogP contribution in [0.5, 0.6) is 0 Å². The molecule has 8 rings (SSSR count). The van der Waals surface area contributed by atoms with Crippen molar-refractivity contribution in [3.05, 3.63) is 0 Å². The Balaban J connectivity index is 1.41. The predicted molar refractivity (Wildman–Crippen MR) is 114 cm³/mol. The molecule has 0 N–H and O–H groups in total. The third-order valence-corrected chi connectivity index (χ3v) is 11.4. The van der Waals surface area contributed by atoms with E-state index in [2.05, 4.69) is 0 Å². The Hall–Kier alpha value is -2.78. The Bertz CT molecular complexity index is 1090. The molecule has 0 spiro atoms. The fourth-order valence-corrected chi connectivity index (χ4v) is 11.8. The van der Waals surface area contributed by atoms with Gasteiger partial charge in [-0.3, -0.25) is 28.8 Å². The second-order valence-corrected chi connectivity index (χ2v) is 11.8. The largest absolute Gasteiger partial charge is 0.469 e. The molecule has 10 heteroatoms. The average Bonchev–Trinajstić information content (AvgIpc) is 3.65. The molecule has 0 heterocycles. The van der Waals surface area contributed by atoms with Gasteiger partial charge in [0.15, 0.2) is 23.8 Å². The zero-order chi connectivity index (χ0) is 25.6. The highest BCUT2D eigenvalue weighted by Gasteiger charge is 3.02. The number of ketones is 2. The minimum Gasteiger partial charge on any atom is -0.469 e. The third-order valence-electron chi connectivity index (χ3n) is 11.4. The number of carbonyl (C=O) groups is 6. The number of Topliss-reactive ketones (excluding diaryl/α,β-unsaturated/α-hetero) is 2. The lowest BCUT2D eigenvalue weighted by atomic mass is 9.43. The van der Waals surface area contributed by atoms with Crippen LogP contribution < -0.4 is 0 Å². The molecule has 14 atom stereocenters. The lowest BCUT2D eigenvalue weighted by Gasteiger charge is -2.56. The van der Waals surface area contributed by atoms with Crippen LogP contribution in [0, 0.1) is 70.0 Å². The average molecular weight is 501 g/mol. The zero-order valence-corrected chi connectivity index (χ0v) is 20.4. The van der Waals surface area contributed by atoms with Gasteiger partial charge < -0.3 is 18.9 Å². The van der Waals surface area contributed by atoms with E-state index >= 15 is 0 Å². The van der Waals surface area contributed by atoms with Gasteiger partial charge in [-0.05, 0) is 60.2 Å². The van der Waals surface area contributed by atoms with Gasteiger partial charge in [-0.2, -0.15) is 0 Å². The topological polar surface area (TPSA) is 139 Å². The van der Waals surface area contributed by atoms with E-state index in [1.165, 1.54) is 28.1 Å². The van der Waals surface area contributed by atoms with Crippen molar-refractivity contribution in [1.82, 2.24) is 0 Å². The van der Waals surface area contributed by atoms with Crippen LogP contribution in [0.15, 0.2) is 0 Å². The lowest BCUT2D eigenvalue weighted by Crippen LogP contribution is -2.66. The first-order valence-electron chi connectivity index (χ1n) is 12.7. The molecule has 192 valence electrons. The highest BCUT2D eigenvalue weighted by atomic mass is 16.6. The number of hydrogen-bond acceptors (Lipinski definition) is 10. The maximum Gasteiger partial charge on any atom is 0.313 e. The summed E-state index contributed by atoms with van der Waals surface area (Å²) in [5.41, 5.74) is -2.57. The first kappa shape index (κ1) is 22.4. The molecule has 8 bridgehead atoms. The fraction of sp³-hybridized carbons (Fsp3) is 0.769. The molecule has 0 amide bonds. The van der Waals surface area contributed by atoms with Crippen molar-refractivity contribution < 1.29 is 47.7 Å². The third kappa shape index (κ3) is 1.91. The molecule has 8 aliphatic carbocycles. The minimum absolute atomic E-state index is 0.0824. The SMILES string of the molecule is COC(=O)[C@]12[C@@H]3[C@@H]4C(=O)[C@@H](OC(C)=O)C[C@H]4[C@@H]4[C@@H]3[C@H]3[C@@H]1[C@@H]1C[C@H](OC(C)=O)C(=O)[C@@H]1[C@@H]3[C@@]42C(=O)OC. The van der Waals surface area contributed by atoms with Gasteiger partial charge in [-0.1, -0.05) is 0 Å². The number of esters is 4. The summed E-state index contributed by atoms with van der Waals surface area (Å²) in [4.78, 5) is 78.3. The van der Waals surface area contributed by atoms with E-state index in [1.807, 2.05) is 0 Å². The molecule has 0 aromatic carbocycles. The standard InChI is InChI=1S/C26H28O10/c1-7(27)35-11-5-9-13(21(11)29)19-15-16-18-10-6-12(36-8(2)28)22(30)14(10)20(16)25(17(9)15,23(31)33-3)26(18,19)24(32)34-4/h9-20H,5-6H2,1-4H3/t9-,10-,11+,12+,13-,14+,15+,16+,17-,18+,19-,20+,25-,26-/m1/s1. The number of fused-ring (bicyclic) bond motifs is 2. The van der Waals surface area contributed by atoms with Crippen molar-refractivity contribution in [1.29, 1.82) is 0 Å². The van der Waals surface area contributed by atoms with Gasteiger partial charge >= 0.3 is 23.9 Å². The zero-order valence-electron chi connectivity index (χ0n) is 20.4. The number of methoxy groups -OCH3 is 2. The van der Waals surface area contributed by atoms with Crippen molar-refractivity contribution in [2.45, 2.75) is 38.9 Å². The number of rotatable bonds is 4. The van der Waals surface area contributed by atoms with Crippen LogP contribution in [-0.2, 0) is 47.7 Å². The van der Waals surface area contributed by atoms with Gasteiger partial charge in [0.05, 0.1) is 25.0 Å². The maximum atomic E-state index is 13.9. The van der Waals surface area contributed by atoms with Crippen molar-refractivity contribution >= 4 is 35.4 Å². The summed E-state index contributed by atoms with van der Waals surface area (Å²) >= 11 is 0. The predicted octanol–water partition coefficient (Wildman–Crippen LogP) is 0.344. The molecule has 0 aliphatic heterocycles. The van der Waals surface area contributed by atoms with E-state index in [9.17, 15) is 28.8 Å². The van der Waals surface area contributed by atoms with E-state index in [4.69, 9.17) is 18.9 Å². The summed E-state index contributed by atoms with van der Waals surface area (Å²) in [6.07, 6.45) is -1.18. The molecule has 0 unspecified atom stereocenters. The van der Waals surface area contributed by atoms with Crippen molar-refractivity contribution in [2.24, 2.45) is 70.0 Å². The molecule has 8 saturated carbocycles. The highest BCUT2D eigenvalue weighted by Crippen LogP contribution is 2.97. The summed E-state index contributed by atoms with van der Waals surface area (Å²) in [5, 5.41) is 0. The van der Waals surface area contributed by atoms with Crippen LogP contribution in [0.2, 0.25) is 0 Å². The quantitative estimate of drug-likeness (QED) is 0.392. The van der Waals surface area contributed by atoms with Gasteiger partial charge in [-0.25, -0.2) is 0 Å². The van der Waals surface area contributed by atoms with Gasteiger partial charge in [0.2, 0.25) is 0 Å². The first-order valence-corrected chi connectivity index (χ1v) is 12.7. The maximum absolute atomic E-state index is 13.9. The summed E-state index contributed by atoms with van der Waals surface area (Å²) in [7, 11) is 2.59. The Morgan fingerprint density at radius 2 is 1.03 bits per heavy atom. The van der Waals surface area contributed by atoms with Crippen LogP contribution >= 0.6 is 0 Å². The van der Waals surface area contributed by atoms with E-state index in [0.717, 1.165) is 0 Å². The Labute approximate surface area is 206 Å². The smallest absolute Gasteiger partial charge is 0.313 e. The lowest BCUT2D eigenvalue weighted by molar-refractivity contribution is -0.208. The van der Waals surface area contributed by atoms with Crippen molar-refractivity contribution in [3.63, 3.8) is 0 Å². The summed E-state index contributed by atoms with van der Waals surface area (Å²) in [6.45, 7) is 2.52. The van der Waals surface area contributed by atoms with Gasteiger partial charge in [0, 0.05) is 25.7 Å². The van der Waals surface area contributed by atoms with E-state index in [1.54, 1.807) is 0 Å². The number of hydrogen-bond donors (Lipinski definition) is 0. The molecular weight excluding hydrogens is 472 g/mol. The van der Waals surface area contributed by atoms with E-state index in [0.29, 0.717) is 12.8 Å². The number of carbonyl (C=O) groups excluding carboxylic acids is 6. The normalized spacial score (nSPS) is 53.6. The molecule has 36 heavy (non-hydrogen) atoms. The Morgan fingerprint density at radius 1 is 0.667 bits per heavy atom. The molecule has 0 aromatic heterocycles. The highest BCUT2D eigenvalue weighted by molar-refractivity contribution is 6.01. The van der Waals surface area contributed by atoms with Crippen LogP contribution in [0.1, 0.15) is 26.7 Å². The van der Waals surface area contributed by atoms with Gasteiger partial charge in [0.25, 0.3) is 0 Å².